The lowest BCUT2D eigenvalue weighted by Gasteiger charge is -2.45. The van der Waals surface area contributed by atoms with Gasteiger partial charge in [-0.15, -0.1) is 0 Å². The molecule has 1 amide bonds. The van der Waals surface area contributed by atoms with Gasteiger partial charge in [-0.3, -0.25) is 14.3 Å². The van der Waals surface area contributed by atoms with Crippen LogP contribution in [-0.2, 0) is 9.53 Å². The number of ether oxygens (including phenoxy) is 2. The molecule has 11 heteroatoms. The van der Waals surface area contributed by atoms with Gasteiger partial charge in [0.05, 0.1) is 30.3 Å². The maximum absolute atomic E-state index is 15.3. The van der Waals surface area contributed by atoms with Crippen molar-refractivity contribution in [3.63, 3.8) is 0 Å². The zero-order valence-corrected chi connectivity index (χ0v) is 25.6. The van der Waals surface area contributed by atoms with Gasteiger partial charge in [0.15, 0.2) is 5.75 Å². The molecule has 6 rings (SSSR count). The molecule has 3 aliphatic heterocycles. The van der Waals surface area contributed by atoms with Crippen LogP contribution in [0.25, 0.3) is 22.0 Å². The molecule has 4 heterocycles. The predicted molar refractivity (Wildman–Crippen MR) is 167 cm³/mol. The number of carbonyl (C=O) groups is 1. The summed E-state index contributed by atoms with van der Waals surface area (Å²) in [6.45, 7) is 14.7. The molecule has 0 spiro atoms. The number of hydrogen-bond donors (Lipinski definition) is 1. The Kier molecular flexibility index (Phi) is 8.34. The number of amides is 1. The van der Waals surface area contributed by atoms with Gasteiger partial charge in [0.2, 0.25) is 5.91 Å². The number of halogens is 1. The van der Waals surface area contributed by atoms with Crippen LogP contribution in [0.2, 0.25) is 0 Å². The van der Waals surface area contributed by atoms with Gasteiger partial charge in [0.25, 0.3) is 0 Å². The molecule has 44 heavy (non-hydrogen) atoms. The van der Waals surface area contributed by atoms with Gasteiger partial charge < -0.3 is 24.4 Å². The van der Waals surface area contributed by atoms with E-state index in [1.165, 1.54) is 24.3 Å². The lowest BCUT2D eigenvalue weighted by atomic mass is 9.94. The second-order valence-corrected chi connectivity index (χ2v) is 12.1. The Morgan fingerprint density at radius 2 is 1.95 bits per heavy atom. The van der Waals surface area contributed by atoms with E-state index in [0.717, 1.165) is 44.7 Å². The highest BCUT2D eigenvalue weighted by atomic mass is 19.1. The first-order chi connectivity index (χ1) is 21.2. The molecular formula is C33H40FN5O5. The van der Waals surface area contributed by atoms with Crippen LogP contribution in [0.15, 0.2) is 41.7 Å². The number of aromatic hydroxyl groups is 1. The number of aryl methyl sites for hydroxylation is 1. The molecule has 2 aromatic carbocycles. The summed E-state index contributed by atoms with van der Waals surface area (Å²) < 4.78 is 28.9. The van der Waals surface area contributed by atoms with Crippen LogP contribution in [0.3, 0.4) is 0 Å². The summed E-state index contributed by atoms with van der Waals surface area (Å²) in [7, 11) is 0. The van der Waals surface area contributed by atoms with E-state index < -0.39 is 11.5 Å². The van der Waals surface area contributed by atoms with Crippen molar-refractivity contribution in [1.29, 1.82) is 0 Å². The van der Waals surface area contributed by atoms with Crippen molar-refractivity contribution in [2.75, 3.05) is 57.4 Å². The second-order valence-electron chi connectivity index (χ2n) is 12.1. The second kappa shape index (κ2) is 12.2. The first kappa shape index (κ1) is 30.1. The summed E-state index contributed by atoms with van der Waals surface area (Å²) in [5.41, 5.74) is 1.31. The van der Waals surface area contributed by atoms with Crippen molar-refractivity contribution in [3.05, 3.63) is 58.8 Å². The third kappa shape index (κ3) is 5.32. The fraction of sp³-hybridized carbons (Fsp3) is 0.485. The smallest absolute Gasteiger partial charge is 0.350 e. The molecule has 1 aromatic heterocycles. The Morgan fingerprint density at radius 3 is 2.68 bits per heavy atom. The fourth-order valence-corrected chi connectivity index (χ4v) is 6.94. The molecule has 0 saturated carbocycles. The molecule has 0 radical (unpaired) electrons. The van der Waals surface area contributed by atoms with E-state index in [9.17, 15) is 14.7 Å². The topological polar surface area (TPSA) is 100 Å². The zero-order valence-electron chi connectivity index (χ0n) is 25.6. The van der Waals surface area contributed by atoms with Crippen LogP contribution in [0.4, 0.5) is 10.2 Å². The van der Waals surface area contributed by atoms with Crippen molar-refractivity contribution in [2.45, 2.75) is 51.7 Å². The van der Waals surface area contributed by atoms with Gasteiger partial charge in [-0.2, -0.15) is 4.98 Å². The lowest BCUT2D eigenvalue weighted by molar-refractivity contribution is -0.128. The Balaban J connectivity index is 1.48. The van der Waals surface area contributed by atoms with E-state index in [4.69, 9.17) is 9.47 Å². The van der Waals surface area contributed by atoms with E-state index in [2.05, 4.69) is 21.4 Å². The summed E-state index contributed by atoms with van der Waals surface area (Å²) in [5.74, 6) is -0.0289. The van der Waals surface area contributed by atoms with E-state index in [0.29, 0.717) is 47.7 Å². The number of phenolic OH excluding ortho intramolecular Hbond substituents is 1. The number of piperazine rings is 1. The minimum atomic E-state index is -0.575. The van der Waals surface area contributed by atoms with Crippen LogP contribution in [0.1, 0.15) is 38.3 Å². The first-order valence-corrected chi connectivity index (χ1v) is 15.4. The summed E-state index contributed by atoms with van der Waals surface area (Å²) in [4.78, 5) is 37.4. The molecule has 3 aliphatic rings. The molecule has 2 fully saturated rings. The zero-order chi connectivity index (χ0) is 31.1. The van der Waals surface area contributed by atoms with Crippen LogP contribution < -0.4 is 15.3 Å². The van der Waals surface area contributed by atoms with Gasteiger partial charge in [0, 0.05) is 49.2 Å². The van der Waals surface area contributed by atoms with Gasteiger partial charge in [-0.25, -0.2) is 9.18 Å². The Labute approximate surface area is 256 Å². The molecule has 0 bridgehead atoms. The van der Waals surface area contributed by atoms with Gasteiger partial charge in [0.1, 0.15) is 24.0 Å². The molecule has 10 nitrogen and oxygen atoms in total. The normalized spacial score (nSPS) is 22.2. The Bertz CT molecular complexity index is 1630. The van der Waals surface area contributed by atoms with Crippen molar-refractivity contribution >= 4 is 22.6 Å². The first-order valence-electron chi connectivity index (χ1n) is 15.4. The number of benzene rings is 2. The highest BCUT2D eigenvalue weighted by Gasteiger charge is 2.36. The monoisotopic (exact) mass is 605 g/mol. The molecule has 234 valence electrons. The third-order valence-electron chi connectivity index (χ3n) is 9.20. The van der Waals surface area contributed by atoms with Crippen LogP contribution in [-0.4, -0.2) is 95.0 Å². The highest BCUT2D eigenvalue weighted by Crippen LogP contribution is 2.48. The molecule has 0 aliphatic carbocycles. The van der Waals surface area contributed by atoms with Gasteiger partial charge in [-0.1, -0.05) is 12.6 Å². The maximum Gasteiger partial charge on any atom is 0.350 e. The van der Waals surface area contributed by atoms with Crippen molar-refractivity contribution < 1.29 is 23.8 Å². The van der Waals surface area contributed by atoms with Gasteiger partial charge >= 0.3 is 5.69 Å². The van der Waals surface area contributed by atoms with Crippen molar-refractivity contribution in [2.24, 2.45) is 0 Å². The minimum Gasteiger partial charge on any atom is -0.507 e. The maximum atomic E-state index is 15.3. The number of morpholine rings is 1. The number of anilines is 1. The summed E-state index contributed by atoms with van der Waals surface area (Å²) in [6.07, 6.45) is 2.89. The van der Waals surface area contributed by atoms with E-state index >= 15 is 4.39 Å². The quantitative estimate of drug-likeness (QED) is 0.406. The number of carbonyl (C=O) groups excluding carboxylic acids is 1. The summed E-state index contributed by atoms with van der Waals surface area (Å²) in [6, 6.07) is 5.60. The van der Waals surface area contributed by atoms with Gasteiger partial charge in [-0.05, 0) is 70.0 Å². The number of rotatable bonds is 7. The van der Waals surface area contributed by atoms with Crippen LogP contribution in [0, 0.1) is 12.7 Å². The minimum absolute atomic E-state index is 0.0450. The number of hydrogen-bond acceptors (Lipinski definition) is 8. The Morgan fingerprint density at radius 1 is 1.18 bits per heavy atom. The molecule has 3 aromatic rings. The third-order valence-corrected chi connectivity index (χ3v) is 9.20. The molecule has 1 N–H and O–H groups in total. The SMILES string of the molecule is C=CC(=O)N1C[C@H](C)N(c2nc(=O)n3c4c(c(-c5c(O)cccc5F)c(C)cc24)OC[C@@H]3CCCN2CCOCC2)C[C@H]1C. The van der Waals surface area contributed by atoms with Crippen molar-refractivity contribution in [1.82, 2.24) is 19.4 Å². The molecular weight excluding hydrogens is 565 g/mol. The Hall–Kier alpha value is -3.96. The van der Waals surface area contributed by atoms with Crippen molar-refractivity contribution in [3.8, 4) is 22.6 Å². The lowest BCUT2D eigenvalue weighted by Crippen LogP contribution is -2.58. The van der Waals surface area contributed by atoms with E-state index in [-0.39, 0.29) is 42.0 Å². The largest absolute Gasteiger partial charge is 0.507 e. The average Bonchev–Trinajstić information content (AvgIpc) is 3.01. The summed E-state index contributed by atoms with van der Waals surface area (Å²) >= 11 is 0. The molecule has 0 unspecified atom stereocenters. The predicted octanol–water partition coefficient (Wildman–Crippen LogP) is 3.87. The average molecular weight is 606 g/mol. The number of aromatic nitrogens is 2. The summed E-state index contributed by atoms with van der Waals surface area (Å²) in [5, 5.41) is 11.5. The highest BCUT2D eigenvalue weighted by molar-refractivity contribution is 6.01. The van der Waals surface area contributed by atoms with E-state index in [1.807, 2.05) is 26.8 Å². The number of nitrogens with zero attached hydrogens (tertiary/aromatic N) is 5. The fourth-order valence-electron chi connectivity index (χ4n) is 6.94. The standard InChI is InChI=1S/C33H40FN5O5/c1-5-27(41)37-17-22(4)38(18-21(37)3)32-24-16-20(2)28(29-25(34)9-6-10-26(29)40)31-30(24)39(33(42)35-32)23(19-44-31)8-7-11-36-12-14-43-15-13-36/h5-6,9-10,16,21-23,40H,1,7-8,11-15,17-19H2,2-4H3/t21-,22+,23+/m1/s1. The van der Waals surface area contributed by atoms with Crippen LogP contribution in [0.5, 0.6) is 11.5 Å². The van der Waals surface area contributed by atoms with Crippen LogP contribution >= 0.6 is 0 Å². The molecule has 2 saturated heterocycles. The number of phenols is 1. The molecule has 3 atom stereocenters. The van der Waals surface area contributed by atoms with E-state index in [1.54, 1.807) is 9.47 Å².